The van der Waals surface area contributed by atoms with Crippen LogP contribution in [0.5, 0.6) is 0 Å². The third-order valence-electron chi connectivity index (χ3n) is 3.72. The van der Waals surface area contributed by atoms with Crippen molar-refractivity contribution in [1.82, 2.24) is 10.6 Å². The summed E-state index contributed by atoms with van der Waals surface area (Å²) < 4.78 is 25.8. The van der Waals surface area contributed by atoms with Crippen LogP contribution in [0.25, 0.3) is 0 Å². The lowest BCUT2D eigenvalue weighted by Gasteiger charge is -2.22. The summed E-state index contributed by atoms with van der Waals surface area (Å²) in [7, 11) is 0. The second kappa shape index (κ2) is 8.37. The van der Waals surface area contributed by atoms with E-state index in [0.29, 0.717) is 0 Å². The zero-order chi connectivity index (χ0) is 18.4. The van der Waals surface area contributed by atoms with E-state index in [4.69, 9.17) is 0 Å². The van der Waals surface area contributed by atoms with Crippen LogP contribution in [0, 0.1) is 17.6 Å². The van der Waals surface area contributed by atoms with Gasteiger partial charge >= 0.3 is 0 Å². The van der Waals surface area contributed by atoms with Crippen LogP contribution in [-0.2, 0) is 11.3 Å². The molecule has 0 saturated carbocycles. The van der Waals surface area contributed by atoms with Gasteiger partial charge in [0.2, 0.25) is 5.91 Å². The van der Waals surface area contributed by atoms with Crippen LogP contribution in [0.2, 0.25) is 0 Å². The monoisotopic (exact) mass is 346 g/mol. The molecule has 2 aromatic rings. The Kier molecular flexibility index (Phi) is 6.22. The first-order chi connectivity index (χ1) is 11.9. The summed E-state index contributed by atoms with van der Waals surface area (Å²) in [6.07, 6.45) is 0. The number of amides is 2. The third-order valence-corrected chi connectivity index (χ3v) is 3.72. The molecule has 4 nitrogen and oxygen atoms in total. The Bertz CT molecular complexity index is 728. The standard InChI is InChI=1S/C19H20F2N2O2/c1-12(2)17(23-18(24)14-5-9-16(21)10-6-14)19(25)22-11-13-3-7-15(20)8-4-13/h3-10,12,17H,11H2,1-2H3,(H,22,25)(H,23,24)/t17-/m0/s1. The van der Waals surface area contributed by atoms with Crippen molar-refractivity contribution in [1.29, 1.82) is 0 Å². The molecule has 2 rings (SSSR count). The molecular formula is C19H20F2N2O2. The van der Waals surface area contributed by atoms with Crippen molar-refractivity contribution in [2.75, 3.05) is 0 Å². The van der Waals surface area contributed by atoms with Gasteiger partial charge in [0.1, 0.15) is 17.7 Å². The van der Waals surface area contributed by atoms with Crippen molar-refractivity contribution in [3.63, 3.8) is 0 Å². The summed E-state index contributed by atoms with van der Waals surface area (Å²) in [4.78, 5) is 24.6. The van der Waals surface area contributed by atoms with E-state index in [-0.39, 0.29) is 29.8 Å². The van der Waals surface area contributed by atoms with E-state index in [9.17, 15) is 18.4 Å². The molecule has 0 bridgehead atoms. The highest BCUT2D eigenvalue weighted by Crippen LogP contribution is 2.08. The molecule has 0 heterocycles. The number of carbonyl (C=O) groups is 2. The van der Waals surface area contributed by atoms with Crippen molar-refractivity contribution in [3.05, 3.63) is 71.3 Å². The minimum atomic E-state index is -0.738. The molecule has 0 spiro atoms. The van der Waals surface area contributed by atoms with Crippen LogP contribution in [0.3, 0.4) is 0 Å². The second-order valence-electron chi connectivity index (χ2n) is 6.05. The van der Waals surface area contributed by atoms with Gasteiger partial charge in [-0.3, -0.25) is 9.59 Å². The zero-order valence-corrected chi connectivity index (χ0v) is 14.1. The van der Waals surface area contributed by atoms with Gasteiger partial charge in [0.25, 0.3) is 5.91 Å². The molecule has 1 atom stereocenters. The van der Waals surface area contributed by atoms with Crippen molar-refractivity contribution in [2.24, 2.45) is 5.92 Å². The predicted octanol–water partition coefficient (Wildman–Crippen LogP) is 3.04. The largest absolute Gasteiger partial charge is 0.350 e. The van der Waals surface area contributed by atoms with E-state index in [1.807, 2.05) is 13.8 Å². The number of halogens is 2. The molecule has 0 aliphatic carbocycles. The second-order valence-corrected chi connectivity index (χ2v) is 6.05. The highest BCUT2D eigenvalue weighted by Gasteiger charge is 2.24. The van der Waals surface area contributed by atoms with Crippen molar-refractivity contribution in [3.8, 4) is 0 Å². The molecular weight excluding hydrogens is 326 g/mol. The zero-order valence-electron chi connectivity index (χ0n) is 14.1. The minimum Gasteiger partial charge on any atom is -0.350 e. The molecule has 6 heteroatoms. The Hall–Kier alpha value is -2.76. The number of hydrogen-bond donors (Lipinski definition) is 2. The van der Waals surface area contributed by atoms with Gasteiger partial charge in [-0.25, -0.2) is 8.78 Å². The smallest absolute Gasteiger partial charge is 0.251 e. The van der Waals surface area contributed by atoms with Gasteiger partial charge in [0, 0.05) is 12.1 Å². The SMILES string of the molecule is CC(C)[C@H](NC(=O)c1ccc(F)cc1)C(=O)NCc1ccc(F)cc1. The van der Waals surface area contributed by atoms with E-state index in [0.717, 1.165) is 5.56 Å². The van der Waals surface area contributed by atoms with Crippen LogP contribution in [0.1, 0.15) is 29.8 Å². The molecule has 2 N–H and O–H groups in total. The number of hydrogen-bond acceptors (Lipinski definition) is 2. The van der Waals surface area contributed by atoms with E-state index in [1.54, 1.807) is 12.1 Å². The van der Waals surface area contributed by atoms with Gasteiger partial charge < -0.3 is 10.6 Å². The molecule has 0 fully saturated rings. The first-order valence-electron chi connectivity index (χ1n) is 7.95. The van der Waals surface area contributed by atoms with Crippen LogP contribution in [0.4, 0.5) is 8.78 Å². The summed E-state index contributed by atoms with van der Waals surface area (Å²) in [6, 6.07) is 10.2. The lowest BCUT2D eigenvalue weighted by molar-refractivity contribution is -0.124. The maximum Gasteiger partial charge on any atom is 0.251 e. The van der Waals surface area contributed by atoms with Gasteiger partial charge in [-0.2, -0.15) is 0 Å². The summed E-state index contributed by atoms with van der Waals surface area (Å²) in [6.45, 7) is 3.86. The quantitative estimate of drug-likeness (QED) is 0.845. The fourth-order valence-electron chi connectivity index (χ4n) is 2.26. The maximum atomic E-state index is 12.9. The van der Waals surface area contributed by atoms with Crippen LogP contribution in [-0.4, -0.2) is 17.9 Å². The van der Waals surface area contributed by atoms with Gasteiger partial charge in [0.15, 0.2) is 0 Å². The molecule has 0 aliphatic heterocycles. The Morgan fingerprint density at radius 3 is 1.96 bits per heavy atom. The van der Waals surface area contributed by atoms with E-state index in [1.165, 1.54) is 36.4 Å². The Morgan fingerprint density at radius 1 is 0.920 bits per heavy atom. The molecule has 0 aromatic heterocycles. The first-order valence-corrected chi connectivity index (χ1v) is 7.95. The van der Waals surface area contributed by atoms with Crippen molar-refractivity contribution in [2.45, 2.75) is 26.4 Å². The topological polar surface area (TPSA) is 58.2 Å². The molecule has 132 valence electrons. The van der Waals surface area contributed by atoms with Crippen LogP contribution in [0.15, 0.2) is 48.5 Å². The molecule has 2 aromatic carbocycles. The van der Waals surface area contributed by atoms with Gasteiger partial charge in [0.05, 0.1) is 0 Å². The molecule has 2 amide bonds. The number of benzene rings is 2. The van der Waals surface area contributed by atoms with Gasteiger partial charge in [-0.15, -0.1) is 0 Å². The van der Waals surface area contributed by atoms with E-state index in [2.05, 4.69) is 10.6 Å². The molecule has 0 unspecified atom stereocenters. The van der Waals surface area contributed by atoms with E-state index < -0.39 is 17.8 Å². The lowest BCUT2D eigenvalue weighted by Crippen LogP contribution is -2.49. The fourth-order valence-corrected chi connectivity index (χ4v) is 2.26. The summed E-state index contributed by atoms with van der Waals surface area (Å²) in [5, 5.41) is 5.39. The number of carbonyl (C=O) groups excluding carboxylic acids is 2. The summed E-state index contributed by atoms with van der Waals surface area (Å²) in [5.41, 5.74) is 1.03. The van der Waals surface area contributed by atoms with Crippen LogP contribution >= 0.6 is 0 Å². The molecule has 25 heavy (non-hydrogen) atoms. The Morgan fingerprint density at radius 2 is 1.44 bits per heavy atom. The van der Waals surface area contributed by atoms with Gasteiger partial charge in [-0.1, -0.05) is 26.0 Å². The summed E-state index contributed by atoms with van der Waals surface area (Å²) >= 11 is 0. The number of nitrogens with one attached hydrogen (secondary N) is 2. The molecule has 0 radical (unpaired) electrons. The first kappa shape index (κ1) is 18.6. The van der Waals surface area contributed by atoms with Crippen LogP contribution < -0.4 is 10.6 Å². The fraction of sp³-hybridized carbons (Fsp3) is 0.263. The minimum absolute atomic E-state index is 0.141. The number of rotatable bonds is 6. The van der Waals surface area contributed by atoms with Gasteiger partial charge in [-0.05, 0) is 47.9 Å². The normalized spacial score (nSPS) is 11.9. The Labute approximate surface area is 145 Å². The predicted molar refractivity (Wildman–Crippen MR) is 90.7 cm³/mol. The summed E-state index contributed by atoms with van der Waals surface area (Å²) in [5.74, 6) is -1.71. The molecule has 0 aliphatic rings. The average molecular weight is 346 g/mol. The average Bonchev–Trinajstić information content (AvgIpc) is 2.59. The lowest BCUT2D eigenvalue weighted by atomic mass is 10.0. The Balaban J connectivity index is 1.98. The maximum absolute atomic E-state index is 12.9. The molecule has 0 saturated heterocycles. The highest BCUT2D eigenvalue weighted by atomic mass is 19.1. The highest BCUT2D eigenvalue weighted by molar-refractivity contribution is 5.97. The van der Waals surface area contributed by atoms with E-state index >= 15 is 0 Å². The van der Waals surface area contributed by atoms with Crippen molar-refractivity contribution < 1.29 is 18.4 Å². The third kappa shape index (κ3) is 5.38. The van der Waals surface area contributed by atoms with Crippen molar-refractivity contribution >= 4 is 11.8 Å².